The number of pyridine rings is 2. The molecule has 0 aliphatic carbocycles. The van der Waals surface area contributed by atoms with Gasteiger partial charge < -0.3 is 15.4 Å². The van der Waals surface area contributed by atoms with Gasteiger partial charge in [0.1, 0.15) is 11.6 Å². The summed E-state index contributed by atoms with van der Waals surface area (Å²) in [5.74, 6) is 1.11. The Morgan fingerprint density at radius 2 is 1.81 bits per heavy atom. The number of benzene rings is 1. The number of anilines is 2. The number of ether oxygens (including phenoxy) is 1. The number of nitrogens with zero attached hydrogens (tertiary/aromatic N) is 2. The average molecular weight is 348 g/mol. The Kier molecular flexibility index (Phi) is 5.77. The molecule has 1 aromatic carbocycles. The van der Waals surface area contributed by atoms with Crippen LogP contribution in [0.25, 0.3) is 0 Å². The number of carbonyl (C=O) groups excluding carboxylic acids is 1. The zero-order valence-corrected chi connectivity index (χ0v) is 14.5. The predicted octanol–water partition coefficient (Wildman–Crippen LogP) is 3.55. The number of rotatable bonds is 7. The van der Waals surface area contributed by atoms with E-state index in [-0.39, 0.29) is 5.91 Å². The van der Waals surface area contributed by atoms with Crippen molar-refractivity contribution in [1.82, 2.24) is 15.3 Å². The van der Waals surface area contributed by atoms with Gasteiger partial charge in [-0.3, -0.25) is 9.78 Å². The van der Waals surface area contributed by atoms with Gasteiger partial charge in [0.15, 0.2) is 0 Å². The molecular weight excluding hydrogens is 328 g/mol. The van der Waals surface area contributed by atoms with E-state index in [2.05, 4.69) is 20.6 Å². The third kappa shape index (κ3) is 4.57. The zero-order chi connectivity index (χ0) is 18.2. The molecule has 2 heterocycles. The van der Waals surface area contributed by atoms with E-state index in [1.54, 1.807) is 30.7 Å². The van der Waals surface area contributed by atoms with Gasteiger partial charge in [0.25, 0.3) is 5.91 Å². The van der Waals surface area contributed by atoms with Crippen molar-refractivity contribution in [1.29, 1.82) is 0 Å². The molecular formula is C20H20N4O2. The Morgan fingerprint density at radius 1 is 1.04 bits per heavy atom. The maximum absolute atomic E-state index is 12.5. The summed E-state index contributed by atoms with van der Waals surface area (Å²) < 4.78 is 5.44. The van der Waals surface area contributed by atoms with Gasteiger partial charge in [0.05, 0.1) is 12.2 Å². The normalized spacial score (nSPS) is 10.2. The van der Waals surface area contributed by atoms with Gasteiger partial charge in [0.2, 0.25) is 0 Å². The molecule has 132 valence electrons. The van der Waals surface area contributed by atoms with Gasteiger partial charge in [-0.1, -0.05) is 0 Å². The lowest BCUT2D eigenvalue weighted by molar-refractivity contribution is 0.0951. The van der Waals surface area contributed by atoms with E-state index in [1.807, 2.05) is 43.3 Å². The highest BCUT2D eigenvalue weighted by Crippen LogP contribution is 2.21. The topological polar surface area (TPSA) is 76.1 Å². The van der Waals surface area contributed by atoms with Gasteiger partial charge in [0, 0.05) is 30.8 Å². The molecule has 0 spiro atoms. The van der Waals surface area contributed by atoms with Crippen molar-refractivity contribution >= 4 is 17.4 Å². The van der Waals surface area contributed by atoms with E-state index in [1.165, 1.54) is 0 Å². The van der Waals surface area contributed by atoms with Gasteiger partial charge in [-0.2, -0.15) is 0 Å². The molecule has 0 atom stereocenters. The van der Waals surface area contributed by atoms with Crippen LogP contribution < -0.4 is 15.4 Å². The molecule has 6 heteroatoms. The molecule has 2 aromatic heterocycles. The van der Waals surface area contributed by atoms with Crippen LogP contribution in [-0.4, -0.2) is 22.5 Å². The summed E-state index contributed by atoms with van der Waals surface area (Å²) in [6.07, 6.45) is 5.05. The van der Waals surface area contributed by atoms with E-state index in [4.69, 9.17) is 4.74 Å². The summed E-state index contributed by atoms with van der Waals surface area (Å²) in [6, 6.07) is 14.7. The summed E-state index contributed by atoms with van der Waals surface area (Å²) in [5.41, 5.74) is 2.30. The maximum Gasteiger partial charge on any atom is 0.255 e. The first-order valence-corrected chi connectivity index (χ1v) is 8.38. The van der Waals surface area contributed by atoms with Crippen molar-refractivity contribution in [2.45, 2.75) is 13.5 Å². The summed E-state index contributed by atoms with van der Waals surface area (Å²) in [5, 5.41) is 6.08. The Labute approximate surface area is 152 Å². The second kappa shape index (κ2) is 8.62. The molecule has 0 aliphatic rings. The monoisotopic (exact) mass is 348 g/mol. The molecule has 0 unspecified atom stereocenters. The molecule has 6 nitrogen and oxygen atoms in total. The second-order valence-corrected chi connectivity index (χ2v) is 5.52. The number of aromatic nitrogens is 2. The number of carbonyl (C=O) groups is 1. The maximum atomic E-state index is 12.5. The van der Waals surface area contributed by atoms with Gasteiger partial charge in [-0.25, -0.2) is 4.98 Å². The Morgan fingerprint density at radius 3 is 2.54 bits per heavy atom. The van der Waals surface area contributed by atoms with Crippen molar-refractivity contribution < 1.29 is 9.53 Å². The predicted molar refractivity (Wildman–Crippen MR) is 101 cm³/mol. The molecule has 3 aromatic rings. The highest BCUT2D eigenvalue weighted by atomic mass is 16.5. The standard InChI is InChI=1S/C20H20N4O2/c1-2-26-17-7-5-16(6-8-17)24-19-18(4-3-11-22-19)20(25)23-14-15-9-12-21-13-10-15/h3-13H,2,14H2,1H3,(H,22,24)(H,23,25). The molecule has 0 fully saturated rings. The third-order valence-electron chi connectivity index (χ3n) is 3.68. The quantitative estimate of drug-likeness (QED) is 0.683. The highest BCUT2D eigenvalue weighted by Gasteiger charge is 2.12. The van der Waals surface area contributed by atoms with E-state index < -0.39 is 0 Å². The Balaban J connectivity index is 1.70. The lowest BCUT2D eigenvalue weighted by Gasteiger charge is -2.12. The fraction of sp³-hybridized carbons (Fsp3) is 0.150. The molecule has 2 N–H and O–H groups in total. The Hall–Kier alpha value is -3.41. The molecule has 0 aliphatic heterocycles. The minimum Gasteiger partial charge on any atom is -0.494 e. The summed E-state index contributed by atoms with van der Waals surface area (Å²) in [6.45, 7) is 2.99. The molecule has 3 rings (SSSR count). The summed E-state index contributed by atoms with van der Waals surface area (Å²) in [4.78, 5) is 20.8. The van der Waals surface area contributed by atoms with Crippen LogP contribution in [0.3, 0.4) is 0 Å². The van der Waals surface area contributed by atoms with Gasteiger partial charge in [-0.05, 0) is 61.0 Å². The van der Waals surface area contributed by atoms with E-state index in [0.29, 0.717) is 24.5 Å². The first-order valence-electron chi connectivity index (χ1n) is 8.38. The minimum atomic E-state index is -0.191. The Bertz CT molecular complexity index is 851. The minimum absolute atomic E-state index is 0.191. The van der Waals surface area contributed by atoms with Crippen molar-refractivity contribution in [3.8, 4) is 5.75 Å². The van der Waals surface area contributed by atoms with Crippen LogP contribution in [-0.2, 0) is 6.54 Å². The van der Waals surface area contributed by atoms with Crippen LogP contribution in [0.15, 0.2) is 67.1 Å². The van der Waals surface area contributed by atoms with Crippen LogP contribution in [0, 0.1) is 0 Å². The van der Waals surface area contributed by atoms with Crippen molar-refractivity contribution in [2.75, 3.05) is 11.9 Å². The van der Waals surface area contributed by atoms with Crippen molar-refractivity contribution in [3.63, 3.8) is 0 Å². The van der Waals surface area contributed by atoms with Crippen LogP contribution in [0.1, 0.15) is 22.8 Å². The van der Waals surface area contributed by atoms with Gasteiger partial charge >= 0.3 is 0 Å². The lowest BCUT2D eigenvalue weighted by Crippen LogP contribution is -2.24. The lowest BCUT2D eigenvalue weighted by atomic mass is 10.2. The van der Waals surface area contributed by atoms with E-state index in [0.717, 1.165) is 17.0 Å². The number of nitrogens with one attached hydrogen (secondary N) is 2. The van der Waals surface area contributed by atoms with Crippen LogP contribution in [0.4, 0.5) is 11.5 Å². The van der Waals surface area contributed by atoms with Gasteiger partial charge in [-0.15, -0.1) is 0 Å². The third-order valence-corrected chi connectivity index (χ3v) is 3.68. The first-order chi connectivity index (χ1) is 12.8. The van der Waals surface area contributed by atoms with Crippen molar-refractivity contribution in [3.05, 3.63) is 78.2 Å². The molecule has 0 saturated heterocycles. The molecule has 0 bridgehead atoms. The van der Waals surface area contributed by atoms with Crippen LogP contribution >= 0.6 is 0 Å². The zero-order valence-electron chi connectivity index (χ0n) is 14.5. The molecule has 1 amide bonds. The van der Waals surface area contributed by atoms with E-state index in [9.17, 15) is 4.79 Å². The largest absolute Gasteiger partial charge is 0.494 e. The average Bonchev–Trinajstić information content (AvgIpc) is 2.69. The molecule has 0 radical (unpaired) electrons. The SMILES string of the molecule is CCOc1ccc(Nc2ncccc2C(=O)NCc2ccncc2)cc1. The summed E-state index contributed by atoms with van der Waals surface area (Å²) in [7, 11) is 0. The smallest absolute Gasteiger partial charge is 0.255 e. The van der Waals surface area contributed by atoms with Crippen molar-refractivity contribution in [2.24, 2.45) is 0 Å². The number of hydrogen-bond donors (Lipinski definition) is 2. The number of hydrogen-bond acceptors (Lipinski definition) is 5. The summed E-state index contributed by atoms with van der Waals surface area (Å²) >= 11 is 0. The fourth-order valence-electron chi connectivity index (χ4n) is 2.40. The first kappa shape index (κ1) is 17.4. The molecule has 0 saturated carbocycles. The van der Waals surface area contributed by atoms with Crippen LogP contribution in [0.5, 0.6) is 5.75 Å². The second-order valence-electron chi connectivity index (χ2n) is 5.52. The fourth-order valence-corrected chi connectivity index (χ4v) is 2.40. The highest BCUT2D eigenvalue weighted by molar-refractivity contribution is 5.99. The van der Waals surface area contributed by atoms with E-state index >= 15 is 0 Å². The van der Waals surface area contributed by atoms with Crippen LogP contribution in [0.2, 0.25) is 0 Å². The number of amides is 1. The molecule has 26 heavy (non-hydrogen) atoms.